The second-order valence-electron chi connectivity index (χ2n) is 5.45. The van der Waals surface area contributed by atoms with E-state index in [1.165, 1.54) is 23.3 Å². The lowest BCUT2D eigenvalue weighted by Gasteiger charge is -2.15. The molecule has 0 saturated carbocycles. The molecule has 0 aliphatic heterocycles. The summed E-state index contributed by atoms with van der Waals surface area (Å²) in [6.45, 7) is 3.52. The van der Waals surface area contributed by atoms with E-state index in [0.29, 0.717) is 16.5 Å². The minimum Gasteiger partial charge on any atom is -0.360 e. The van der Waals surface area contributed by atoms with Crippen molar-refractivity contribution in [3.63, 3.8) is 0 Å². The van der Waals surface area contributed by atoms with Gasteiger partial charge in [-0.15, -0.1) is 11.3 Å². The normalized spacial score (nSPS) is 10.5. The zero-order chi connectivity index (χ0) is 17.7. The Kier molecular flexibility index (Phi) is 5.86. The van der Waals surface area contributed by atoms with E-state index in [4.69, 9.17) is 4.52 Å². The van der Waals surface area contributed by atoms with Crippen molar-refractivity contribution < 1.29 is 18.9 Å². The number of carbonyl (C=O) groups is 3. The number of aryl methyl sites for hydroxylation is 2. The minimum absolute atomic E-state index is 0.0580. The molecule has 24 heavy (non-hydrogen) atoms. The molecule has 0 aromatic carbocycles. The Balaban J connectivity index is 1.77. The molecule has 2 aromatic heterocycles. The molecule has 7 nitrogen and oxygen atoms in total. The first kappa shape index (κ1) is 17.9. The smallest absolute Gasteiger partial charge is 0.245 e. The van der Waals surface area contributed by atoms with Crippen molar-refractivity contribution in [3.8, 4) is 0 Å². The molecule has 128 valence electrons. The van der Waals surface area contributed by atoms with Gasteiger partial charge in [0.15, 0.2) is 11.6 Å². The van der Waals surface area contributed by atoms with Gasteiger partial charge in [0, 0.05) is 30.8 Å². The highest BCUT2D eigenvalue weighted by Crippen LogP contribution is 2.17. The van der Waals surface area contributed by atoms with Gasteiger partial charge in [-0.2, -0.15) is 0 Å². The van der Waals surface area contributed by atoms with Crippen LogP contribution in [0, 0.1) is 13.8 Å². The van der Waals surface area contributed by atoms with Gasteiger partial charge in [-0.3, -0.25) is 14.4 Å². The van der Waals surface area contributed by atoms with E-state index in [-0.39, 0.29) is 37.0 Å². The van der Waals surface area contributed by atoms with Gasteiger partial charge >= 0.3 is 0 Å². The summed E-state index contributed by atoms with van der Waals surface area (Å²) in [5.41, 5.74) is 0. The summed E-state index contributed by atoms with van der Waals surface area (Å²) in [5, 5.41) is 6.19. The average molecular weight is 349 g/mol. The Morgan fingerprint density at radius 1 is 1.25 bits per heavy atom. The number of aromatic nitrogens is 1. The minimum atomic E-state index is -0.376. The van der Waals surface area contributed by atoms with Crippen LogP contribution in [-0.4, -0.2) is 41.2 Å². The number of nitrogens with zero attached hydrogens (tertiary/aromatic N) is 2. The van der Waals surface area contributed by atoms with Crippen LogP contribution in [0.1, 0.15) is 33.2 Å². The highest BCUT2D eigenvalue weighted by atomic mass is 32.1. The van der Waals surface area contributed by atoms with Gasteiger partial charge in [-0.25, -0.2) is 0 Å². The van der Waals surface area contributed by atoms with Gasteiger partial charge in [0.05, 0.1) is 11.4 Å². The van der Waals surface area contributed by atoms with Crippen LogP contribution in [0.3, 0.4) is 0 Å². The predicted molar refractivity (Wildman–Crippen MR) is 90.1 cm³/mol. The Hall–Kier alpha value is -2.48. The molecule has 2 rings (SSSR count). The molecule has 0 spiro atoms. The lowest BCUT2D eigenvalue weighted by atomic mass is 10.2. The number of likely N-dealkylation sites (N-methyl/N-ethyl adjacent to an activating group) is 1. The van der Waals surface area contributed by atoms with E-state index >= 15 is 0 Å². The molecule has 0 bridgehead atoms. The summed E-state index contributed by atoms with van der Waals surface area (Å²) in [6, 6.07) is 5.23. The average Bonchev–Trinajstić information content (AvgIpc) is 3.12. The van der Waals surface area contributed by atoms with Crippen LogP contribution in [0.15, 0.2) is 22.7 Å². The zero-order valence-corrected chi connectivity index (χ0v) is 14.6. The van der Waals surface area contributed by atoms with Crippen LogP contribution in [0.4, 0.5) is 5.82 Å². The first-order chi connectivity index (χ1) is 11.3. The van der Waals surface area contributed by atoms with Crippen LogP contribution in [0.25, 0.3) is 0 Å². The molecule has 0 unspecified atom stereocenters. The molecule has 1 N–H and O–H groups in total. The third-order valence-corrected chi connectivity index (χ3v) is 4.32. The molecular formula is C16H19N3O4S. The Labute approximate surface area is 143 Å². The van der Waals surface area contributed by atoms with Crippen molar-refractivity contribution in [1.82, 2.24) is 10.1 Å². The topological polar surface area (TPSA) is 92.5 Å². The fraction of sp³-hybridized carbons (Fsp3) is 0.375. The lowest BCUT2D eigenvalue weighted by Crippen LogP contribution is -2.35. The van der Waals surface area contributed by atoms with Crippen LogP contribution in [-0.2, 0) is 9.59 Å². The van der Waals surface area contributed by atoms with E-state index in [1.807, 2.05) is 13.0 Å². The van der Waals surface area contributed by atoms with Crippen LogP contribution in [0.5, 0.6) is 0 Å². The van der Waals surface area contributed by atoms with E-state index in [0.717, 1.165) is 4.88 Å². The number of ketones is 1. The molecule has 0 saturated heterocycles. The van der Waals surface area contributed by atoms with Crippen LogP contribution in [0.2, 0.25) is 0 Å². The third kappa shape index (κ3) is 5.02. The van der Waals surface area contributed by atoms with E-state index in [2.05, 4.69) is 10.5 Å². The maximum atomic E-state index is 12.0. The van der Waals surface area contributed by atoms with Gasteiger partial charge in [-0.05, 0) is 26.0 Å². The van der Waals surface area contributed by atoms with E-state index in [1.54, 1.807) is 19.1 Å². The molecule has 0 fully saturated rings. The van der Waals surface area contributed by atoms with E-state index in [9.17, 15) is 14.4 Å². The molecule has 8 heteroatoms. The largest absolute Gasteiger partial charge is 0.360 e. The Morgan fingerprint density at radius 3 is 2.58 bits per heavy atom. The number of carbonyl (C=O) groups excluding carboxylic acids is 3. The molecule has 0 radical (unpaired) electrons. The maximum Gasteiger partial charge on any atom is 0.245 e. The number of amides is 2. The number of anilines is 1. The monoisotopic (exact) mass is 349 g/mol. The third-order valence-electron chi connectivity index (χ3n) is 3.28. The van der Waals surface area contributed by atoms with Gasteiger partial charge < -0.3 is 14.7 Å². The SMILES string of the molecule is Cc1cc(NC(=O)CN(C)C(=O)CCC(=O)c2ccc(C)s2)no1. The van der Waals surface area contributed by atoms with Gasteiger partial charge in [0.25, 0.3) is 0 Å². The second-order valence-corrected chi connectivity index (χ2v) is 6.74. The highest BCUT2D eigenvalue weighted by Gasteiger charge is 2.16. The van der Waals surface area contributed by atoms with Crippen molar-refractivity contribution in [2.24, 2.45) is 0 Å². The van der Waals surface area contributed by atoms with Gasteiger partial charge in [-0.1, -0.05) is 5.16 Å². The standard InChI is InChI=1S/C16H19N3O4S/c1-10-8-14(18-23-10)17-15(21)9-19(3)16(22)7-5-12(20)13-6-4-11(2)24-13/h4,6,8H,5,7,9H2,1-3H3,(H,17,18,21). The molecule has 0 aliphatic rings. The van der Waals surface area contributed by atoms with Crippen molar-refractivity contribution in [3.05, 3.63) is 33.7 Å². The van der Waals surface area contributed by atoms with Crippen molar-refractivity contribution in [2.75, 3.05) is 18.9 Å². The van der Waals surface area contributed by atoms with Gasteiger partial charge in [0.2, 0.25) is 11.8 Å². The number of rotatable bonds is 7. The molecule has 2 amide bonds. The van der Waals surface area contributed by atoms with Crippen LogP contribution >= 0.6 is 11.3 Å². The summed E-state index contributed by atoms with van der Waals surface area (Å²) >= 11 is 1.42. The lowest BCUT2D eigenvalue weighted by molar-refractivity contribution is -0.133. The first-order valence-electron chi connectivity index (χ1n) is 7.42. The number of Topliss-reactive ketones (excluding diaryl/α,β-unsaturated/α-hetero) is 1. The summed E-state index contributed by atoms with van der Waals surface area (Å²) in [4.78, 5) is 38.9. The highest BCUT2D eigenvalue weighted by molar-refractivity contribution is 7.14. The summed E-state index contributed by atoms with van der Waals surface area (Å²) in [6.07, 6.45) is 0.204. The Bertz CT molecular complexity index is 750. The molecule has 2 aromatic rings. The number of hydrogen-bond acceptors (Lipinski definition) is 6. The Morgan fingerprint density at radius 2 is 2.00 bits per heavy atom. The molecular weight excluding hydrogens is 330 g/mol. The van der Waals surface area contributed by atoms with Crippen molar-refractivity contribution in [2.45, 2.75) is 26.7 Å². The molecule has 0 atom stereocenters. The summed E-state index contributed by atoms with van der Waals surface area (Å²) in [5.74, 6) is 0.193. The first-order valence-corrected chi connectivity index (χ1v) is 8.23. The maximum absolute atomic E-state index is 12.0. The van der Waals surface area contributed by atoms with Crippen molar-refractivity contribution >= 4 is 34.8 Å². The van der Waals surface area contributed by atoms with Gasteiger partial charge in [0.1, 0.15) is 5.76 Å². The second kappa shape index (κ2) is 7.87. The predicted octanol–water partition coefficient (Wildman–Crippen LogP) is 2.41. The number of nitrogens with one attached hydrogen (secondary N) is 1. The van der Waals surface area contributed by atoms with Crippen LogP contribution < -0.4 is 5.32 Å². The number of thiophene rings is 1. The summed E-state index contributed by atoms with van der Waals surface area (Å²) < 4.78 is 4.84. The zero-order valence-electron chi connectivity index (χ0n) is 13.8. The van der Waals surface area contributed by atoms with E-state index < -0.39 is 0 Å². The quantitative estimate of drug-likeness (QED) is 0.775. The molecule has 0 aliphatic carbocycles. The fourth-order valence-electron chi connectivity index (χ4n) is 2.03. The fourth-order valence-corrected chi connectivity index (χ4v) is 2.87. The molecule has 2 heterocycles. The number of hydrogen-bond donors (Lipinski definition) is 1. The van der Waals surface area contributed by atoms with Crippen molar-refractivity contribution in [1.29, 1.82) is 0 Å². The summed E-state index contributed by atoms with van der Waals surface area (Å²) in [7, 11) is 1.52.